The van der Waals surface area contributed by atoms with Gasteiger partial charge in [-0.25, -0.2) is 0 Å². The van der Waals surface area contributed by atoms with Gasteiger partial charge in [-0.1, -0.05) is 23.2 Å². The fourth-order valence-electron chi connectivity index (χ4n) is 3.30. The molecule has 1 heterocycles. The Kier molecular flexibility index (Phi) is 6.19. The first-order valence-electron chi connectivity index (χ1n) is 8.75. The highest BCUT2D eigenvalue weighted by molar-refractivity contribution is 6.35. The summed E-state index contributed by atoms with van der Waals surface area (Å²) in [4.78, 5) is 36.2. The van der Waals surface area contributed by atoms with Gasteiger partial charge >= 0.3 is 0 Å². The summed E-state index contributed by atoms with van der Waals surface area (Å²) in [5.74, 6) is -0.726. The third-order valence-electron chi connectivity index (χ3n) is 4.52. The first-order chi connectivity index (χ1) is 13.8. The summed E-state index contributed by atoms with van der Waals surface area (Å²) in [7, 11) is 0. The SMILES string of the molecule is O=C(Nc1cc(Cl)cc(Cl)c1)c1cc([N+](=O)[O-])cc([N+](=O)[O-])c1N1CCCCC1. The Morgan fingerprint density at radius 3 is 2.10 bits per heavy atom. The van der Waals surface area contributed by atoms with Crippen molar-refractivity contribution in [1.29, 1.82) is 0 Å². The van der Waals surface area contributed by atoms with Crippen LogP contribution in [0.3, 0.4) is 0 Å². The van der Waals surface area contributed by atoms with Crippen LogP contribution < -0.4 is 10.2 Å². The Morgan fingerprint density at radius 1 is 0.931 bits per heavy atom. The molecule has 0 radical (unpaired) electrons. The Labute approximate surface area is 175 Å². The quantitative estimate of drug-likeness (QED) is 0.514. The summed E-state index contributed by atoms with van der Waals surface area (Å²) in [6.45, 7) is 1.03. The highest BCUT2D eigenvalue weighted by Crippen LogP contribution is 2.38. The largest absolute Gasteiger partial charge is 0.365 e. The minimum absolute atomic E-state index is 0.0749. The molecule has 0 unspecified atom stereocenters. The number of non-ortho nitro benzene ring substituents is 1. The number of benzene rings is 2. The molecule has 0 aliphatic carbocycles. The Hall–Kier alpha value is -2.91. The first-order valence-corrected chi connectivity index (χ1v) is 9.51. The van der Waals surface area contributed by atoms with E-state index in [4.69, 9.17) is 23.2 Å². The summed E-state index contributed by atoms with van der Waals surface area (Å²) in [5, 5.41) is 26.1. The number of nitrogens with zero attached hydrogens (tertiary/aromatic N) is 3. The van der Waals surface area contributed by atoms with E-state index in [1.807, 2.05) is 0 Å². The first kappa shape index (κ1) is 20.8. The number of nitro groups is 2. The predicted octanol–water partition coefficient (Wildman–Crippen LogP) is 5.05. The molecule has 1 N–H and O–H groups in total. The van der Waals surface area contributed by atoms with Crippen molar-refractivity contribution in [2.24, 2.45) is 0 Å². The fourth-order valence-corrected chi connectivity index (χ4v) is 3.82. The van der Waals surface area contributed by atoms with E-state index in [1.165, 1.54) is 18.2 Å². The standard InChI is InChI=1S/C18H16Cl2N4O5/c19-11-6-12(20)8-13(7-11)21-18(25)15-9-14(23(26)27)10-16(24(28)29)17(15)22-4-2-1-3-5-22/h6-10H,1-5H2,(H,21,25). The lowest BCUT2D eigenvalue weighted by Gasteiger charge is -2.29. The number of nitrogens with one attached hydrogen (secondary N) is 1. The number of carbonyl (C=O) groups excluding carboxylic acids is 1. The average molecular weight is 439 g/mol. The Bertz CT molecular complexity index is 972. The van der Waals surface area contributed by atoms with Gasteiger partial charge in [0.2, 0.25) is 0 Å². The van der Waals surface area contributed by atoms with Crippen LogP contribution in [0.5, 0.6) is 0 Å². The van der Waals surface area contributed by atoms with E-state index in [9.17, 15) is 25.0 Å². The van der Waals surface area contributed by atoms with Gasteiger partial charge < -0.3 is 10.2 Å². The lowest BCUT2D eigenvalue weighted by molar-refractivity contribution is -0.393. The van der Waals surface area contributed by atoms with Crippen LogP contribution >= 0.6 is 23.2 Å². The van der Waals surface area contributed by atoms with Crippen LogP contribution in [0.25, 0.3) is 0 Å². The Balaban J connectivity index is 2.11. The monoisotopic (exact) mass is 438 g/mol. The molecular weight excluding hydrogens is 423 g/mol. The smallest absolute Gasteiger partial charge is 0.300 e. The van der Waals surface area contributed by atoms with Crippen molar-refractivity contribution in [1.82, 2.24) is 0 Å². The molecule has 0 atom stereocenters. The predicted molar refractivity (Wildman–Crippen MR) is 110 cm³/mol. The van der Waals surface area contributed by atoms with Crippen molar-refractivity contribution in [2.45, 2.75) is 19.3 Å². The number of carbonyl (C=O) groups is 1. The molecule has 0 aromatic heterocycles. The van der Waals surface area contributed by atoms with Crippen LogP contribution in [0.2, 0.25) is 10.0 Å². The summed E-state index contributed by atoms with van der Waals surface area (Å²) >= 11 is 11.9. The summed E-state index contributed by atoms with van der Waals surface area (Å²) < 4.78 is 0. The lowest BCUT2D eigenvalue weighted by atomic mass is 10.0. The molecule has 1 saturated heterocycles. The van der Waals surface area contributed by atoms with Crippen LogP contribution in [0.1, 0.15) is 29.6 Å². The number of hydrogen-bond acceptors (Lipinski definition) is 6. The van der Waals surface area contributed by atoms with Crippen LogP contribution in [-0.2, 0) is 0 Å². The molecule has 152 valence electrons. The number of amides is 1. The molecule has 9 nitrogen and oxygen atoms in total. The molecule has 2 aromatic rings. The number of anilines is 2. The number of piperidine rings is 1. The second kappa shape index (κ2) is 8.62. The van der Waals surface area contributed by atoms with E-state index >= 15 is 0 Å². The van der Waals surface area contributed by atoms with E-state index in [2.05, 4.69) is 5.32 Å². The maximum atomic E-state index is 13.0. The molecule has 0 bridgehead atoms. The van der Waals surface area contributed by atoms with E-state index in [0.717, 1.165) is 31.4 Å². The minimum atomic E-state index is -0.764. The van der Waals surface area contributed by atoms with Gasteiger partial charge in [0, 0.05) is 34.9 Å². The van der Waals surface area contributed by atoms with Gasteiger partial charge in [0.25, 0.3) is 17.3 Å². The van der Waals surface area contributed by atoms with E-state index in [-0.39, 0.29) is 27.0 Å². The molecule has 0 saturated carbocycles. The number of nitro benzene ring substituents is 2. The molecular formula is C18H16Cl2N4O5. The van der Waals surface area contributed by atoms with E-state index < -0.39 is 27.1 Å². The van der Waals surface area contributed by atoms with Gasteiger partial charge in [-0.15, -0.1) is 0 Å². The van der Waals surface area contributed by atoms with E-state index in [0.29, 0.717) is 13.1 Å². The molecule has 3 rings (SSSR count). The Morgan fingerprint density at radius 2 is 1.55 bits per heavy atom. The maximum Gasteiger partial charge on any atom is 0.300 e. The number of halogens is 2. The van der Waals surface area contributed by atoms with Gasteiger partial charge in [0.05, 0.1) is 21.5 Å². The molecule has 0 spiro atoms. The van der Waals surface area contributed by atoms with Gasteiger partial charge in [0.1, 0.15) is 5.69 Å². The summed E-state index contributed by atoms with van der Waals surface area (Å²) in [5.41, 5.74) is -0.816. The summed E-state index contributed by atoms with van der Waals surface area (Å²) in [6.07, 6.45) is 2.58. The second-order valence-electron chi connectivity index (χ2n) is 6.54. The molecule has 1 aliphatic rings. The van der Waals surface area contributed by atoms with Gasteiger partial charge in [-0.2, -0.15) is 0 Å². The number of hydrogen-bond donors (Lipinski definition) is 1. The molecule has 11 heteroatoms. The summed E-state index contributed by atoms with van der Waals surface area (Å²) in [6, 6.07) is 6.33. The second-order valence-corrected chi connectivity index (χ2v) is 7.41. The molecule has 2 aromatic carbocycles. The topological polar surface area (TPSA) is 119 Å². The fraction of sp³-hybridized carbons (Fsp3) is 0.278. The van der Waals surface area contributed by atoms with Crippen LogP contribution in [0, 0.1) is 20.2 Å². The van der Waals surface area contributed by atoms with Crippen molar-refractivity contribution in [3.8, 4) is 0 Å². The zero-order valence-electron chi connectivity index (χ0n) is 15.1. The maximum absolute atomic E-state index is 13.0. The van der Waals surface area contributed by atoms with Crippen molar-refractivity contribution in [3.63, 3.8) is 0 Å². The lowest BCUT2D eigenvalue weighted by Crippen LogP contribution is -2.32. The molecule has 1 fully saturated rings. The average Bonchev–Trinajstić information content (AvgIpc) is 2.66. The van der Waals surface area contributed by atoms with Crippen molar-refractivity contribution >= 4 is 51.9 Å². The van der Waals surface area contributed by atoms with Crippen LogP contribution in [0.4, 0.5) is 22.7 Å². The van der Waals surface area contributed by atoms with Crippen molar-refractivity contribution in [3.05, 3.63) is 66.2 Å². The van der Waals surface area contributed by atoms with E-state index in [1.54, 1.807) is 4.90 Å². The molecule has 1 aliphatic heterocycles. The zero-order valence-corrected chi connectivity index (χ0v) is 16.6. The van der Waals surface area contributed by atoms with Gasteiger partial charge in [-0.05, 0) is 37.5 Å². The highest BCUT2D eigenvalue weighted by atomic mass is 35.5. The van der Waals surface area contributed by atoms with Gasteiger partial charge in [-0.3, -0.25) is 25.0 Å². The molecule has 1 amide bonds. The van der Waals surface area contributed by atoms with Gasteiger partial charge in [0.15, 0.2) is 0 Å². The third kappa shape index (κ3) is 4.75. The highest BCUT2D eigenvalue weighted by Gasteiger charge is 2.31. The third-order valence-corrected chi connectivity index (χ3v) is 4.96. The van der Waals surface area contributed by atoms with Crippen molar-refractivity contribution in [2.75, 3.05) is 23.3 Å². The minimum Gasteiger partial charge on any atom is -0.365 e. The van der Waals surface area contributed by atoms with Crippen LogP contribution in [0.15, 0.2) is 30.3 Å². The van der Waals surface area contributed by atoms with Crippen LogP contribution in [-0.4, -0.2) is 28.8 Å². The number of rotatable bonds is 5. The normalized spacial score (nSPS) is 13.8. The zero-order chi connectivity index (χ0) is 21.1. The van der Waals surface area contributed by atoms with Crippen molar-refractivity contribution < 1.29 is 14.6 Å². The molecule has 29 heavy (non-hydrogen) atoms.